The minimum absolute atomic E-state index is 0.342. The molecule has 1 heteroatoms. The van der Waals surface area contributed by atoms with E-state index in [0.29, 0.717) is 27.1 Å². The summed E-state index contributed by atoms with van der Waals surface area (Å²) in [7, 11) is 2.35. The number of hydrogen-bond donors (Lipinski definition) is 0. The van der Waals surface area contributed by atoms with Crippen molar-refractivity contribution in [2.45, 2.75) is 100 Å². The third kappa shape index (κ3) is 2.55. The van der Waals surface area contributed by atoms with Crippen LogP contribution in [0.1, 0.15) is 100 Å². The van der Waals surface area contributed by atoms with Crippen LogP contribution in [0.4, 0.5) is 0 Å². The van der Waals surface area contributed by atoms with E-state index >= 15 is 0 Å². The third-order valence-electron chi connectivity index (χ3n) is 12.1. The molecule has 3 fully saturated rings. The van der Waals surface area contributed by atoms with Gasteiger partial charge in [0.15, 0.2) is 0 Å². The zero-order valence-corrected chi connectivity index (χ0v) is 21.1. The van der Waals surface area contributed by atoms with Gasteiger partial charge in [-0.3, -0.25) is 0 Å². The van der Waals surface area contributed by atoms with Crippen LogP contribution < -0.4 is 0 Å². The molecule has 1 heterocycles. The molecule has 0 amide bonds. The number of nitrogens with zero attached hydrogens (tertiary/aromatic N) is 1. The molecule has 4 aliphatic rings. The quantitative estimate of drug-likeness (QED) is 0.441. The van der Waals surface area contributed by atoms with Gasteiger partial charge in [-0.25, -0.2) is 0 Å². The van der Waals surface area contributed by atoms with Gasteiger partial charge < -0.3 is 4.90 Å². The lowest BCUT2D eigenvalue weighted by Gasteiger charge is -2.63. The first-order valence-electron chi connectivity index (χ1n) is 12.7. The molecule has 1 saturated heterocycles. The van der Waals surface area contributed by atoms with Gasteiger partial charge in [0.25, 0.3) is 0 Å². The summed E-state index contributed by atoms with van der Waals surface area (Å²) in [5, 5.41) is 0. The highest BCUT2D eigenvalue weighted by molar-refractivity contribution is 5.36. The second-order valence-electron chi connectivity index (χ2n) is 13.4. The van der Waals surface area contributed by atoms with E-state index in [-0.39, 0.29) is 0 Å². The predicted octanol–water partition coefficient (Wildman–Crippen LogP) is 7.57. The average Bonchev–Trinajstić information content (AvgIpc) is 2.96. The van der Waals surface area contributed by atoms with E-state index in [2.05, 4.69) is 73.4 Å². The van der Waals surface area contributed by atoms with Crippen LogP contribution >= 0.6 is 0 Å². The normalized spacial score (nSPS) is 50.8. The highest BCUT2D eigenvalue weighted by Gasteiger charge is 2.77. The molecule has 3 aliphatic carbocycles. The molecule has 1 nitrogen and oxygen atoms in total. The van der Waals surface area contributed by atoms with E-state index in [0.717, 1.165) is 17.8 Å². The Bertz CT molecular complexity index is 692. The Morgan fingerprint density at radius 1 is 1.00 bits per heavy atom. The summed E-state index contributed by atoms with van der Waals surface area (Å²) in [6, 6.07) is 0. The lowest BCUT2D eigenvalue weighted by Crippen LogP contribution is -2.59. The molecular formula is C28H49N. The molecule has 166 valence electrons. The number of rotatable bonds is 4. The van der Waals surface area contributed by atoms with E-state index in [1.807, 2.05) is 0 Å². The second-order valence-corrected chi connectivity index (χ2v) is 13.4. The summed E-state index contributed by atoms with van der Waals surface area (Å²) >= 11 is 0. The molecule has 4 rings (SSSR count). The van der Waals surface area contributed by atoms with E-state index in [9.17, 15) is 0 Å². The number of piperidine rings is 1. The van der Waals surface area contributed by atoms with Crippen molar-refractivity contribution in [2.75, 3.05) is 20.1 Å². The summed E-state index contributed by atoms with van der Waals surface area (Å²) < 4.78 is 0. The first-order chi connectivity index (χ1) is 13.3. The highest BCUT2D eigenvalue weighted by atomic mass is 15.1. The van der Waals surface area contributed by atoms with Crippen LogP contribution in [-0.2, 0) is 0 Å². The number of likely N-dealkylation sites (tertiary alicyclic amines) is 1. The molecule has 0 N–H and O–H groups in total. The van der Waals surface area contributed by atoms with E-state index in [1.54, 1.807) is 5.57 Å². The fraction of sp³-hybridized carbons (Fsp3) is 0.929. The lowest BCUT2D eigenvalue weighted by atomic mass is 9.43. The highest BCUT2D eigenvalue weighted by Crippen LogP contribution is 2.84. The molecule has 1 aliphatic heterocycles. The smallest absolute Gasteiger partial charge is 0.00752 e. The van der Waals surface area contributed by atoms with Crippen LogP contribution in [0.5, 0.6) is 0 Å². The second kappa shape index (κ2) is 6.60. The maximum absolute atomic E-state index is 2.74. The molecule has 7 atom stereocenters. The van der Waals surface area contributed by atoms with Crippen LogP contribution in [0.3, 0.4) is 0 Å². The molecular weight excluding hydrogens is 350 g/mol. The van der Waals surface area contributed by atoms with E-state index in [4.69, 9.17) is 0 Å². The number of hydrogen-bond acceptors (Lipinski definition) is 1. The van der Waals surface area contributed by atoms with E-state index < -0.39 is 0 Å². The minimum atomic E-state index is 0.342. The SMILES string of the molecule is CC(C)CCC(C)C1CCC2(C)C1(C)CC1(C)C3(C)CN(C)CCC3=CCC12C. The van der Waals surface area contributed by atoms with E-state index in [1.165, 1.54) is 58.0 Å². The molecule has 0 aromatic heterocycles. The Kier molecular flexibility index (Phi) is 4.99. The minimum Gasteiger partial charge on any atom is -0.305 e. The van der Waals surface area contributed by atoms with Crippen molar-refractivity contribution in [3.8, 4) is 0 Å². The Balaban J connectivity index is 1.75. The fourth-order valence-electron chi connectivity index (χ4n) is 9.68. The first-order valence-corrected chi connectivity index (χ1v) is 12.7. The summed E-state index contributed by atoms with van der Waals surface area (Å²) in [4.78, 5) is 2.62. The Morgan fingerprint density at radius 2 is 1.69 bits per heavy atom. The molecule has 0 bridgehead atoms. The van der Waals surface area contributed by atoms with Crippen LogP contribution in [0, 0.1) is 44.8 Å². The molecule has 29 heavy (non-hydrogen) atoms. The summed E-state index contributed by atoms with van der Waals surface area (Å²) in [5.41, 5.74) is 3.90. The standard InChI is InChI=1S/C28H49N/c1-20(2)10-11-21(3)23-13-16-26(6)24(23,4)18-28(8)25(5)19-29(9)17-14-22(25)12-15-27(26,28)7/h12,20-21,23H,10-11,13-19H2,1-9H3. The van der Waals surface area contributed by atoms with Gasteiger partial charge in [0, 0.05) is 18.5 Å². The van der Waals surface area contributed by atoms with Gasteiger partial charge in [0.05, 0.1) is 0 Å². The van der Waals surface area contributed by atoms with Crippen molar-refractivity contribution in [1.82, 2.24) is 4.90 Å². The van der Waals surface area contributed by atoms with Crippen LogP contribution in [0.15, 0.2) is 11.6 Å². The van der Waals surface area contributed by atoms with Gasteiger partial charge in [-0.1, -0.05) is 79.9 Å². The zero-order valence-electron chi connectivity index (χ0n) is 21.1. The molecule has 0 radical (unpaired) electrons. The van der Waals surface area contributed by atoms with Gasteiger partial charge in [-0.2, -0.15) is 0 Å². The van der Waals surface area contributed by atoms with Crippen molar-refractivity contribution in [3.05, 3.63) is 11.6 Å². The third-order valence-corrected chi connectivity index (χ3v) is 12.1. The average molecular weight is 400 g/mol. The molecule has 0 spiro atoms. The summed E-state index contributed by atoms with van der Waals surface area (Å²) in [6.07, 6.45) is 12.5. The lowest BCUT2D eigenvalue weighted by molar-refractivity contribution is -0.0950. The van der Waals surface area contributed by atoms with Gasteiger partial charge in [-0.15, -0.1) is 0 Å². The van der Waals surface area contributed by atoms with Crippen molar-refractivity contribution < 1.29 is 0 Å². The maximum Gasteiger partial charge on any atom is 0.00752 e. The fourth-order valence-corrected chi connectivity index (χ4v) is 9.68. The van der Waals surface area contributed by atoms with Crippen molar-refractivity contribution >= 4 is 0 Å². The Morgan fingerprint density at radius 3 is 2.34 bits per heavy atom. The van der Waals surface area contributed by atoms with Crippen molar-refractivity contribution in [3.63, 3.8) is 0 Å². The monoisotopic (exact) mass is 399 g/mol. The molecule has 0 aromatic carbocycles. The maximum atomic E-state index is 2.74. The molecule has 2 saturated carbocycles. The zero-order chi connectivity index (χ0) is 21.5. The number of fused-ring (bicyclic) bond motifs is 5. The molecule has 7 unspecified atom stereocenters. The van der Waals surface area contributed by atoms with Crippen LogP contribution in [0.2, 0.25) is 0 Å². The van der Waals surface area contributed by atoms with Crippen molar-refractivity contribution in [1.29, 1.82) is 0 Å². The van der Waals surface area contributed by atoms with Crippen molar-refractivity contribution in [2.24, 2.45) is 44.8 Å². The van der Waals surface area contributed by atoms with Gasteiger partial charge in [0.1, 0.15) is 0 Å². The largest absolute Gasteiger partial charge is 0.305 e. The molecule has 0 aromatic rings. The van der Waals surface area contributed by atoms with Crippen LogP contribution in [-0.4, -0.2) is 25.0 Å². The Labute approximate surface area is 182 Å². The topological polar surface area (TPSA) is 3.24 Å². The first kappa shape index (κ1) is 21.9. The summed E-state index contributed by atoms with van der Waals surface area (Å²) in [5.74, 6) is 2.60. The number of allylic oxidation sites excluding steroid dienone is 1. The predicted molar refractivity (Wildman–Crippen MR) is 126 cm³/mol. The van der Waals surface area contributed by atoms with Gasteiger partial charge in [0.2, 0.25) is 0 Å². The summed E-state index contributed by atoms with van der Waals surface area (Å²) in [6.45, 7) is 23.4. The van der Waals surface area contributed by atoms with Gasteiger partial charge >= 0.3 is 0 Å². The van der Waals surface area contributed by atoms with Gasteiger partial charge in [-0.05, 0) is 78.6 Å². The van der Waals surface area contributed by atoms with Crippen LogP contribution in [0.25, 0.3) is 0 Å². The Hall–Kier alpha value is -0.300.